The number of ether oxygens (including phenoxy) is 2. The molecule has 0 spiro atoms. The van der Waals surface area contributed by atoms with Gasteiger partial charge in [-0.1, -0.05) is 35.9 Å². The number of rotatable bonds is 5. The Morgan fingerprint density at radius 3 is 2.13 bits per heavy atom. The van der Waals surface area contributed by atoms with Crippen LogP contribution in [-0.2, 0) is 29.1 Å². The van der Waals surface area contributed by atoms with E-state index >= 15 is 0 Å². The van der Waals surface area contributed by atoms with Crippen LogP contribution in [-0.4, -0.2) is 51.2 Å². The van der Waals surface area contributed by atoms with Crippen molar-refractivity contribution in [2.24, 2.45) is 5.92 Å². The molecule has 0 fully saturated rings. The van der Waals surface area contributed by atoms with E-state index in [1.165, 1.54) is 12.1 Å². The van der Waals surface area contributed by atoms with Crippen molar-refractivity contribution in [2.45, 2.75) is 24.8 Å². The van der Waals surface area contributed by atoms with Gasteiger partial charge in [0.15, 0.2) is 11.7 Å². The molecule has 164 valence electrons. The average molecular weight is 445 g/mol. The zero-order valence-electron chi connectivity index (χ0n) is 17.6. The Hall–Kier alpha value is -3.04. The van der Waals surface area contributed by atoms with E-state index in [9.17, 15) is 22.8 Å². The third-order valence-corrected chi connectivity index (χ3v) is 7.21. The van der Waals surface area contributed by atoms with Crippen molar-refractivity contribution in [3.05, 3.63) is 64.7 Å². The number of nitrogens with zero attached hydrogens (tertiary/aromatic N) is 1. The van der Waals surface area contributed by atoms with E-state index in [0.717, 1.165) is 24.1 Å². The standard InChI is InChI=1S/C22H23NO7S/c1-13-8-10-15(11-9-13)31(27,28)23-12-17(24)18-14(2)6-5-7-16(18)20(23)19(21(25)29-3)22(26)30-4/h5-11,19-20H,12H2,1-4H3. The molecule has 31 heavy (non-hydrogen) atoms. The van der Waals surface area contributed by atoms with Gasteiger partial charge in [0, 0.05) is 5.56 Å². The van der Waals surface area contributed by atoms with E-state index < -0.39 is 46.2 Å². The van der Waals surface area contributed by atoms with Crippen molar-refractivity contribution >= 4 is 27.7 Å². The lowest BCUT2D eigenvalue weighted by Crippen LogP contribution is -2.49. The number of hydrogen-bond acceptors (Lipinski definition) is 7. The Morgan fingerprint density at radius 2 is 1.58 bits per heavy atom. The fraction of sp³-hybridized carbons (Fsp3) is 0.318. The van der Waals surface area contributed by atoms with Crippen LogP contribution >= 0.6 is 0 Å². The number of sulfonamides is 1. The number of hydrogen-bond donors (Lipinski definition) is 0. The summed E-state index contributed by atoms with van der Waals surface area (Å²) in [6.07, 6.45) is 0. The van der Waals surface area contributed by atoms with Crippen LogP contribution in [0.3, 0.4) is 0 Å². The number of benzene rings is 2. The molecule has 0 aromatic heterocycles. The van der Waals surface area contributed by atoms with Gasteiger partial charge in [-0.15, -0.1) is 0 Å². The number of Topliss-reactive ketones (excluding diaryl/α,β-unsaturated/α-hetero) is 1. The molecule has 1 heterocycles. The number of fused-ring (bicyclic) bond motifs is 1. The lowest BCUT2D eigenvalue weighted by Gasteiger charge is -2.38. The first-order chi connectivity index (χ1) is 14.6. The van der Waals surface area contributed by atoms with Crippen LogP contribution in [0.1, 0.15) is 33.1 Å². The average Bonchev–Trinajstić information content (AvgIpc) is 2.74. The molecule has 8 nitrogen and oxygen atoms in total. The summed E-state index contributed by atoms with van der Waals surface area (Å²) in [5, 5.41) is 0. The maximum Gasteiger partial charge on any atom is 0.322 e. The second-order valence-electron chi connectivity index (χ2n) is 7.29. The van der Waals surface area contributed by atoms with Gasteiger partial charge in [0.2, 0.25) is 10.0 Å². The highest BCUT2D eigenvalue weighted by Gasteiger charge is 2.50. The Labute approximate surface area is 180 Å². The van der Waals surface area contributed by atoms with Gasteiger partial charge in [0.1, 0.15) is 0 Å². The predicted molar refractivity (Wildman–Crippen MR) is 111 cm³/mol. The van der Waals surface area contributed by atoms with Gasteiger partial charge in [0.25, 0.3) is 0 Å². The van der Waals surface area contributed by atoms with Crippen LogP contribution < -0.4 is 0 Å². The summed E-state index contributed by atoms with van der Waals surface area (Å²) >= 11 is 0. The fourth-order valence-corrected chi connectivity index (χ4v) is 5.40. The highest BCUT2D eigenvalue weighted by Crippen LogP contribution is 2.41. The van der Waals surface area contributed by atoms with Crippen molar-refractivity contribution in [2.75, 3.05) is 20.8 Å². The Bertz CT molecular complexity index is 1120. The third-order valence-electron chi connectivity index (χ3n) is 5.37. The largest absolute Gasteiger partial charge is 0.468 e. The second kappa shape index (κ2) is 8.60. The molecule has 0 aliphatic carbocycles. The molecule has 3 rings (SSSR count). The zero-order valence-corrected chi connectivity index (χ0v) is 18.4. The maximum atomic E-state index is 13.5. The van der Waals surface area contributed by atoms with E-state index in [0.29, 0.717) is 11.1 Å². The van der Waals surface area contributed by atoms with Crippen LogP contribution in [0.25, 0.3) is 0 Å². The van der Waals surface area contributed by atoms with E-state index in [-0.39, 0.29) is 10.5 Å². The number of carbonyl (C=O) groups excluding carboxylic acids is 3. The van der Waals surface area contributed by atoms with Gasteiger partial charge in [-0.05, 0) is 37.1 Å². The lowest BCUT2D eigenvalue weighted by atomic mass is 9.83. The van der Waals surface area contributed by atoms with Gasteiger partial charge in [0.05, 0.1) is 31.7 Å². The first-order valence-corrected chi connectivity index (χ1v) is 10.9. The molecule has 0 bridgehead atoms. The van der Waals surface area contributed by atoms with Gasteiger partial charge < -0.3 is 9.47 Å². The summed E-state index contributed by atoms with van der Waals surface area (Å²) in [5.74, 6) is -3.94. The van der Waals surface area contributed by atoms with Crippen molar-refractivity contribution < 1.29 is 32.3 Å². The van der Waals surface area contributed by atoms with E-state index in [4.69, 9.17) is 9.47 Å². The number of carbonyl (C=O) groups is 3. The fourth-order valence-electron chi connectivity index (χ4n) is 3.83. The Balaban J connectivity index is 2.28. The molecular formula is C22H23NO7S. The summed E-state index contributed by atoms with van der Waals surface area (Å²) in [6, 6.07) is 9.69. The number of esters is 2. The Kier molecular flexibility index (Phi) is 6.28. The quantitative estimate of drug-likeness (QED) is 0.513. The topological polar surface area (TPSA) is 107 Å². The maximum absolute atomic E-state index is 13.5. The molecule has 1 aliphatic rings. The van der Waals surface area contributed by atoms with Crippen LogP contribution in [0.5, 0.6) is 0 Å². The molecule has 1 unspecified atom stereocenters. The van der Waals surface area contributed by atoms with Crippen molar-refractivity contribution in [3.63, 3.8) is 0 Å². The smallest absolute Gasteiger partial charge is 0.322 e. The summed E-state index contributed by atoms with van der Waals surface area (Å²) in [5.41, 5.74) is 2.02. The highest BCUT2D eigenvalue weighted by atomic mass is 32.2. The lowest BCUT2D eigenvalue weighted by molar-refractivity contribution is -0.161. The summed E-state index contributed by atoms with van der Waals surface area (Å²) in [7, 11) is -2.05. The van der Waals surface area contributed by atoms with Crippen LogP contribution in [0.4, 0.5) is 0 Å². The van der Waals surface area contributed by atoms with E-state index in [1.54, 1.807) is 37.3 Å². The second-order valence-corrected chi connectivity index (χ2v) is 9.19. The van der Waals surface area contributed by atoms with Crippen LogP contribution in [0, 0.1) is 19.8 Å². The highest BCUT2D eigenvalue weighted by molar-refractivity contribution is 7.89. The van der Waals surface area contributed by atoms with Crippen LogP contribution in [0.15, 0.2) is 47.4 Å². The molecule has 9 heteroatoms. The number of methoxy groups -OCH3 is 2. The zero-order chi connectivity index (χ0) is 22.9. The minimum absolute atomic E-state index is 0.0551. The molecule has 0 radical (unpaired) electrons. The van der Waals surface area contributed by atoms with Gasteiger partial charge in [-0.3, -0.25) is 14.4 Å². The van der Waals surface area contributed by atoms with Crippen molar-refractivity contribution in [1.29, 1.82) is 0 Å². The minimum atomic E-state index is -4.25. The van der Waals surface area contributed by atoms with Crippen molar-refractivity contribution in [1.82, 2.24) is 4.31 Å². The van der Waals surface area contributed by atoms with Crippen LogP contribution in [0.2, 0.25) is 0 Å². The van der Waals surface area contributed by atoms with E-state index in [1.807, 2.05) is 6.92 Å². The molecular weight excluding hydrogens is 422 g/mol. The van der Waals surface area contributed by atoms with Gasteiger partial charge in [-0.25, -0.2) is 8.42 Å². The summed E-state index contributed by atoms with van der Waals surface area (Å²) < 4.78 is 37.6. The van der Waals surface area contributed by atoms with Gasteiger partial charge in [-0.2, -0.15) is 4.31 Å². The first kappa shape index (κ1) is 22.6. The molecule has 2 aromatic rings. The molecule has 1 aliphatic heterocycles. The first-order valence-electron chi connectivity index (χ1n) is 9.50. The van der Waals surface area contributed by atoms with Crippen molar-refractivity contribution in [3.8, 4) is 0 Å². The van der Waals surface area contributed by atoms with Gasteiger partial charge >= 0.3 is 11.9 Å². The summed E-state index contributed by atoms with van der Waals surface area (Å²) in [4.78, 5) is 38.1. The monoisotopic (exact) mass is 445 g/mol. The Morgan fingerprint density at radius 1 is 1.00 bits per heavy atom. The number of ketones is 1. The molecule has 0 saturated carbocycles. The molecule has 1 atom stereocenters. The SMILES string of the molecule is COC(=O)C(C(=O)OC)C1c2cccc(C)c2C(=O)CN1S(=O)(=O)c1ccc(C)cc1. The molecule has 0 saturated heterocycles. The molecule has 0 N–H and O–H groups in total. The number of aryl methyl sites for hydroxylation is 2. The minimum Gasteiger partial charge on any atom is -0.468 e. The normalized spacial score (nSPS) is 16.7. The summed E-state index contributed by atoms with van der Waals surface area (Å²) in [6.45, 7) is 3.00. The van der Waals surface area contributed by atoms with E-state index in [2.05, 4.69) is 0 Å². The molecule has 2 aromatic carbocycles. The molecule has 0 amide bonds. The third kappa shape index (κ3) is 3.98. The predicted octanol–water partition coefficient (Wildman–Crippen LogP) is 2.19.